The Morgan fingerprint density at radius 2 is 2.35 bits per heavy atom. The van der Waals surface area contributed by atoms with E-state index >= 15 is 0 Å². The number of nitrogens with one attached hydrogen (secondary N) is 1. The van der Waals surface area contributed by atoms with Crippen molar-refractivity contribution in [3.8, 4) is 0 Å². The molecular formula is C12H13ClFNO2. The number of hydrogen-bond acceptors (Lipinski definition) is 2. The predicted molar refractivity (Wildman–Crippen MR) is 62.7 cm³/mol. The van der Waals surface area contributed by atoms with Gasteiger partial charge in [-0.3, -0.25) is 4.79 Å². The van der Waals surface area contributed by atoms with E-state index in [1.165, 1.54) is 6.07 Å². The van der Waals surface area contributed by atoms with Gasteiger partial charge in [-0.25, -0.2) is 4.39 Å². The zero-order valence-corrected chi connectivity index (χ0v) is 9.93. The van der Waals surface area contributed by atoms with Crippen molar-refractivity contribution >= 4 is 17.6 Å². The lowest BCUT2D eigenvalue weighted by molar-refractivity contribution is -0.147. The Kier molecular flexibility index (Phi) is 3.35. The second-order valence-corrected chi connectivity index (χ2v) is 4.86. The van der Waals surface area contributed by atoms with E-state index in [-0.39, 0.29) is 6.42 Å². The van der Waals surface area contributed by atoms with Gasteiger partial charge in [0.1, 0.15) is 5.82 Å². The molecule has 1 saturated heterocycles. The largest absolute Gasteiger partial charge is 0.481 e. The van der Waals surface area contributed by atoms with Crippen molar-refractivity contribution in [2.45, 2.75) is 12.8 Å². The second kappa shape index (κ2) is 4.63. The van der Waals surface area contributed by atoms with E-state index in [0.717, 1.165) is 0 Å². The highest BCUT2D eigenvalue weighted by atomic mass is 35.5. The highest BCUT2D eigenvalue weighted by Crippen LogP contribution is 2.31. The summed E-state index contributed by atoms with van der Waals surface area (Å²) in [6.07, 6.45) is 0.711. The molecule has 2 N–H and O–H groups in total. The fourth-order valence-electron chi connectivity index (χ4n) is 2.18. The minimum absolute atomic E-state index is 0.193. The molecule has 1 aliphatic heterocycles. The Morgan fingerprint density at radius 1 is 1.59 bits per heavy atom. The average molecular weight is 258 g/mol. The average Bonchev–Trinajstić information content (AvgIpc) is 2.72. The maximum Gasteiger partial charge on any atom is 0.311 e. The molecule has 0 bridgehead atoms. The van der Waals surface area contributed by atoms with Gasteiger partial charge in [0.15, 0.2) is 0 Å². The number of halogens is 2. The summed E-state index contributed by atoms with van der Waals surface area (Å²) in [6, 6.07) is 4.35. The number of rotatable bonds is 3. The van der Waals surface area contributed by atoms with E-state index in [0.29, 0.717) is 30.1 Å². The van der Waals surface area contributed by atoms with Gasteiger partial charge < -0.3 is 10.4 Å². The smallest absolute Gasteiger partial charge is 0.311 e. The quantitative estimate of drug-likeness (QED) is 0.872. The van der Waals surface area contributed by atoms with Crippen molar-refractivity contribution in [2.24, 2.45) is 5.41 Å². The van der Waals surface area contributed by atoms with Crippen molar-refractivity contribution < 1.29 is 14.3 Å². The molecule has 1 fully saturated rings. The molecule has 0 aromatic heterocycles. The molecule has 0 spiro atoms. The van der Waals surface area contributed by atoms with Gasteiger partial charge >= 0.3 is 5.97 Å². The van der Waals surface area contributed by atoms with Crippen LogP contribution in [-0.2, 0) is 11.2 Å². The standard InChI is InChI=1S/C12H13ClFNO2/c13-9-2-1-8(10(14)5-9)6-12(11(16)17)3-4-15-7-12/h1-2,5,15H,3-4,6-7H2,(H,16,17). The first-order valence-corrected chi connectivity index (χ1v) is 5.79. The number of carboxylic acid groups (broad SMARTS) is 1. The molecule has 1 aromatic rings. The van der Waals surface area contributed by atoms with Gasteiger partial charge in [-0.05, 0) is 37.1 Å². The lowest BCUT2D eigenvalue weighted by Crippen LogP contribution is -2.35. The summed E-state index contributed by atoms with van der Waals surface area (Å²) in [5, 5.41) is 12.6. The van der Waals surface area contributed by atoms with Gasteiger partial charge in [0.2, 0.25) is 0 Å². The van der Waals surface area contributed by atoms with Crippen LogP contribution >= 0.6 is 11.6 Å². The van der Waals surface area contributed by atoms with E-state index < -0.39 is 17.2 Å². The fourth-order valence-corrected chi connectivity index (χ4v) is 2.34. The minimum atomic E-state index is -0.894. The molecule has 17 heavy (non-hydrogen) atoms. The van der Waals surface area contributed by atoms with Crippen molar-refractivity contribution in [1.29, 1.82) is 0 Å². The topological polar surface area (TPSA) is 49.3 Å². The predicted octanol–water partition coefficient (Wildman–Crippen LogP) is 2.09. The summed E-state index contributed by atoms with van der Waals surface area (Å²) in [6.45, 7) is 1.03. The molecule has 3 nitrogen and oxygen atoms in total. The summed E-state index contributed by atoms with van der Waals surface area (Å²) in [5.74, 6) is -1.32. The van der Waals surface area contributed by atoms with Gasteiger partial charge in [0, 0.05) is 11.6 Å². The molecule has 2 rings (SSSR count). The van der Waals surface area contributed by atoms with Gasteiger partial charge in [0.25, 0.3) is 0 Å². The highest BCUT2D eigenvalue weighted by Gasteiger charge is 2.41. The van der Waals surface area contributed by atoms with Crippen LogP contribution in [0.15, 0.2) is 18.2 Å². The lowest BCUT2D eigenvalue weighted by Gasteiger charge is -2.23. The normalized spacial score (nSPS) is 23.9. The van der Waals surface area contributed by atoms with Crippen LogP contribution in [0.2, 0.25) is 5.02 Å². The molecule has 0 radical (unpaired) electrons. The molecule has 0 amide bonds. The van der Waals surface area contributed by atoms with Gasteiger partial charge in [-0.15, -0.1) is 0 Å². The molecule has 92 valence electrons. The van der Waals surface area contributed by atoms with Crippen molar-refractivity contribution in [3.05, 3.63) is 34.6 Å². The van der Waals surface area contributed by atoms with Gasteiger partial charge in [0.05, 0.1) is 5.41 Å². The summed E-state index contributed by atoms with van der Waals surface area (Å²) in [4.78, 5) is 11.3. The Labute approximate surface area is 104 Å². The van der Waals surface area contributed by atoms with Crippen LogP contribution in [-0.4, -0.2) is 24.2 Å². The Hall–Kier alpha value is -1.13. The number of carboxylic acids is 1. The third-order valence-corrected chi connectivity index (χ3v) is 3.48. The van der Waals surface area contributed by atoms with Crippen molar-refractivity contribution in [2.75, 3.05) is 13.1 Å². The monoisotopic (exact) mass is 257 g/mol. The third-order valence-electron chi connectivity index (χ3n) is 3.24. The molecule has 1 heterocycles. The van der Waals surface area contributed by atoms with E-state index in [9.17, 15) is 14.3 Å². The molecule has 1 aromatic carbocycles. The van der Waals surface area contributed by atoms with Crippen LogP contribution in [0.3, 0.4) is 0 Å². The Morgan fingerprint density at radius 3 is 2.88 bits per heavy atom. The molecule has 1 unspecified atom stereocenters. The van der Waals surface area contributed by atoms with Crippen LogP contribution in [0.25, 0.3) is 0 Å². The third kappa shape index (κ3) is 2.42. The summed E-state index contributed by atoms with van der Waals surface area (Å²) < 4.78 is 13.6. The zero-order valence-electron chi connectivity index (χ0n) is 9.17. The second-order valence-electron chi connectivity index (χ2n) is 4.42. The van der Waals surface area contributed by atoms with E-state index in [1.54, 1.807) is 12.1 Å². The van der Waals surface area contributed by atoms with Crippen LogP contribution in [0.1, 0.15) is 12.0 Å². The van der Waals surface area contributed by atoms with E-state index in [4.69, 9.17) is 11.6 Å². The van der Waals surface area contributed by atoms with Gasteiger partial charge in [-0.2, -0.15) is 0 Å². The van der Waals surface area contributed by atoms with Crippen LogP contribution in [0.4, 0.5) is 4.39 Å². The number of benzene rings is 1. The van der Waals surface area contributed by atoms with Crippen LogP contribution < -0.4 is 5.32 Å². The first kappa shape index (κ1) is 12.3. The lowest BCUT2D eigenvalue weighted by atomic mass is 9.81. The Bertz CT molecular complexity index is 444. The SMILES string of the molecule is O=C(O)C1(Cc2ccc(Cl)cc2F)CCNC1. The molecule has 1 atom stereocenters. The van der Waals surface area contributed by atoms with Crippen molar-refractivity contribution in [1.82, 2.24) is 5.32 Å². The van der Waals surface area contributed by atoms with Crippen LogP contribution in [0.5, 0.6) is 0 Å². The van der Waals surface area contributed by atoms with Gasteiger partial charge in [-0.1, -0.05) is 17.7 Å². The molecule has 0 saturated carbocycles. The molecular weight excluding hydrogens is 245 g/mol. The first-order chi connectivity index (χ1) is 8.03. The maximum absolute atomic E-state index is 13.6. The number of hydrogen-bond donors (Lipinski definition) is 2. The molecule has 1 aliphatic rings. The highest BCUT2D eigenvalue weighted by molar-refractivity contribution is 6.30. The van der Waals surface area contributed by atoms with Crippen molar-refractivity contribution in [3.63, 3.8) is 0 Å². The number of carbonyl (C=O) groups is 1. The molecule has 5 heteroatoms. The summed E-state index contributed by atoms with van der Waals surface area (Å²) in [5.41, 5.74) is -0.491. The maximum atomic E-state index is 13.6. The minimum Gasteiger partial charge on any atom is -0.481 e. The summed E-state index contributed by atoms with van der Waals surface area (Å²) >= 11 is 5.66. The number of aliphatic carboxylic acids is 1. The van der Waals surface area contributed by atoms with Crippen LogP contribution in [0, 0.1) is 11.2 Å². The van der Waals surface area contributed by atoms with E-state index in [2.05, 4.69) is 5.32 Å². The Balaban J connectivity index is 2.26. The molecule has 0 aliphatic carbocycles. The zero-order chi connectivity index (χ0) is 12.5. The first-order valence-electron chi connectivity index (χ1n) is 5.42. The van der Waals surface area contributed by atoms with E-state index in [1.807, 2.05) is 0 Å². The summed E-state index contributed by atoms with van der Waals surface area (Å²) in [7, 11) is 0. The fraction of sp³-hybridized carbons (Fsp3) is 0.417.